The van der Waals surface area contributed by atoms with Crippen molar-refractivity contribution in [2.45, 2.75) is 19.8 Å². The van der Waals surface area contributed by atoms with E-state index in [4.69, 9.17) is 4.42 Å². The summed E-state index contributed by atoms with van der Waals surface area (Å²) in [6.07, 6.45) is 6.72. The van der Waals surface area contributed by atoms with E-state index in [1.807, 2.05) is 0 Å². The number of nitrogens with zero attached hydrogens (tertiary/aromatic N) is 3. The van der Waals surface area contributed by atoms with E-state index in [1.165, 1.54) is 0 Å². The van der Waals surface area contributed by atoms with Gasteiger partial charge in [0.1, 0.15) is 5.70 Å². The van der Waals surface area contributed by atoms with Crippen LogP contribution in [0.15, 0.2) is 44.7 Å². The molecule has 0 bridgehead atoms. The van der Waals surface area contributed by atoms with Gasteiger partial charge in [0, 0.05) is 6.54 Å². The molecule has 0 unspecified atom stereocenters. The lowest BCUT2D eigenvalue weighted by molar-refractivity contribution is -0.0419. The quantitative estimate of drug-likeness (QED) is 0.794. The van der Waals surface area contributed by atoms with E-state index in [9.17, 15) is 5.21 Å². The number of allylic oxidation sites excluding steroid dienone is 1. The lowest BCUT2D eigenvalue weighted by Crippen LogP contribution is -2.13. The Bertz CT molecular complexity index is 446. The Balaban J connectivity index is 2.01. The smallest absolute Gasteiger partial charge is 0.196 e. The number of amidine groups is 1. The van der Waals surface area contributed by atoms with Gasteiger partial charge in [0.2, 0.25) is 0 Å². The average molecular weight is 233 g/mol. The lowest BCUT2D eigenvalue weighted by Gasteiger charge is -2.10. The van der Waals surface area contributed by atoms with Gasteiger partial charge < -0.3 is 4.42 Å². The zero-order valence-electron chi connectivity index (χ0n) is 9.71. The number of hydrogen-bond donors (Lipinski definition) is 1. The van der Waals surface area contributed by atoms with Crippen LogP contribution in [0, 0.1) is 0 Å². The summed E-state index contributed by atoms with van der Waals surface area (Å²) in [5.74, 6) is 1.16. The minimum atomic E-state index is 0.533. The molecule has 0 saturated carbocycles. The molecule has 90 valence electrons. The summed E-state index contributed by atoms with van der Waals surface area (Å²) in [6, 6.07) is 3.58. The van der Waals surface area contributed by atoms with Crippen molar-refractivity contribution in [2.24, 2.45) is 9.98 Å². The van der Waals surface area contributed by atoms with Crippen LogP contribution >= 0.6 is 0 Å². The topological polar surface area (TPSA) is 61.3 Å². The number of hydrogen-bond acceptors (Lipinski definition) is 5. The molecule has 0 spiro atoms. The predicted octanol–water partition coefficient (Wildman–Crippen LogP) is 2.44. The summed E-state index contributed by atoms with van der Waals surface area (Å²) in [4.78, 5) is 8.36. The van der Waals surface area contributed by atoms with Crippen LogP contribution in [0.3, 0.4) is 0 Å². The molecule has 0 amide bonds. The molecule has 1 aliphatic heterocycles. The molecule has 2 rings (SSSR count). The van der Waals surface area contributed by atoms with Gasteiger partial charge in [-0.15, -0.1) is 0 Å². The van der Waals surface area contributed by atoms with Gasteiger partial charge in [0.25, 0.3) is 0 Å². The highest BCUT2D eigenvalue weighted by molar-refractivity contribution is 6.08. The van der Waals surface area contributed by atoms with Crippen molar-refractivity contribution in [1.29, 1.82) is 0 Å². The minimum absolute atomic E-state index is 0.533. The van der Waals surface area contributed by atoms with Crippen LogP contribution in [0.1, 0.15) is 25.5 Å². The Labute approximate surface area is 99.7 Å². The number of aliphatic imine (C=N–C) groups is 2. The van der Waals surface area contributed by atoms with Gasteiger partial charge in [-0.2, -0.15) is 0 Å². The maximum Gasteiger partial charge on any atom is 0.196 e. The summed E-state index contributed by atoms with van der Waals surface area (Å²) >= 11 is 0. The first-order valence-electron chi connectivity index (χ1n) is 5.63. The van der Waals surface area contributed by atoms with Crippen LogP contribution in [-0.4, -0.2) is 28.9 Å². The fraction of sp³-hybridized carbons (Fsp3) is 0.333. The second-order valence-corrected chi connectivity index (χ2v) is 3.74. The molecule has 5 nitrogen and oxygen atoms in total. The van der Waals surface area contributed by atoms with Crippen LogP contribution in [0.2, 0.25) is 0 Å². The number of unbranched alkanes of at least 4 members (excludes halogenated alkanes) is 1. The third-order valence-electron chi connectivity index (χ3n) is 2.32. The van der Waals surface area contributed by atoms with E-state index in [-0.39, 0.29) is 0 Å². The molecule has 2 heterocycles. The van der Waals surface area contributed by atoms with Gasteiger partial charge in [0.05, 0.1) is 18.7 Å². The molecular formula is C12H15N3O2. The molecule has 0 radical (unpaired) electrons. The van der Waals surface area contributed by atoms with Crippen molar-refractivity contribution < 1.29 is 9.62 Å². The molecule has 1 aromatic heterocycles. The highest BCUT2D eigenvalue weighted by Gasteiger charge is 2.11. The normalized spacial score (nSPS) is 16.6. The summed E-state index contributed by atoms with van der Waals surface area (Å²) in [5, 5.41) is 10.7. The lowest BCUT2D eigenvalue weighted by atomic mass is 10.3. The molecule has 17 heavy (non-hydrogen) atoms. The monoisotopic (exact) mass is 233 g/mol. The first-order chi connectivity index (χ1) is 8.29. The molecule has 1 N–H and O–H groups in total. The molecule has 0 aromatic carbocycles. The van der Waals surface area contributed by atoms with Crippen molar-refractivity contribution >= 4 is 12.1 Å². The second-order valence-electron chi connectivity index (χ2n) is 3.74. The number of furan rings is 1. The van der Waals surface area contributed by atoms with Crippen LogP contribution in [0.5, 0.6) is 0 Å². The van der Waals surface area contributed by atoms with Gasteiger partial charge in [-0.3, -0.25) is 10.3 Å². The van der Waals surface area contributed by atoms with E-state index in [0.29, 0.717) is 23.8 Å². The summed E-state index contributed by atoms with van der Waals surface area (Å²) in [5.41, 5.74) is 0.620. The van der Waals surface area contributed by atoms with E-state index in [2.05, 4.69) is 16.9 Å². The van der Waals surface area contributed by atoms with E-state index in [1.54, 1.807) is 30.8 Å². The Morgan fingerprint density at radius 1 is 1.53 bits per heavy atom. The maximum atomic E-state index is 9.56. The van der Waals surface area contributed by atoms with Gasteiger partial charge in [-0.1, -0.05) is 13.3 Å². The molecule has 0 saturated heterocycles. The molecule has 0 aliphatic carbocycles. The fourth-order valence-corrected chi connectivity index (χ4v) is 1.43. The minimum Gasteiger partial charge on any atom is -0.461 e. The van der Waals surface area contributed by atoms with Crippen molar-refractivity contribution in [1.82, 2.24) is 5.06 Å². The van der Waals surface area contributed by atoms with Crippen molar-refractivity contribution in [3.8, 4) is 0 Å². The summed E-state index contributed by atoms with van der Waals surface area (Å²) < 4.78 is 5.19. The van der Waals surface area contributed by atoms with Crippen molar-refractivity contribution in [2.75, 3.05) is 6.54 Å². The van der Waals surface area contributed by atoms with Gasteiger partial charge in [-0.05, 0) is 18.6 Å². The third kappa shape index (κ3) is 3.04. The Hall–Kier alpha value is -1.88. The van der Waals surface area contributed by atoms with E-state index < -0.39 is 0 Å². The van der Waals surface area contributed by atoms with Crippen LogP contribution in [0.25, 0.3) is 0 Å². The Morgan fingerprint density at radius 2 is 2.41 bits per heavy atom. The number of rotatable bonds is 5. The predicted molar refractivity (Wildman–Crippen MR) is 65.2 cm³/mol. The zero-order chi connectivity index (χ0) is 12.1. The summed E-state index contributed by atoms with van der Waals surface area (Å²) in [7, 11) is 0. The highest BCUT2D eigenvalue weighted by Crippen LogP contribution is 2.12. The first kappa shape index (κ1) is 11.6. The average Bonchev–Trinajstić information content (AvgIpc) is 2.95. The molecule has 0 atom stereocenters. The fourth-order valence-electron chi connectivity index (χ4n) is 1.43. The molecule has 1 aromatic rings. The molecule has 5 heteroatoms. The maximum absolute atomic E-state index is 9.56. The Morgan fingerprint density at radius 3 is 3.12 bits per heavy atom. The highest BCUT2D eigenvalue weighted by atomic mass is 16.5. The van der Waals surface area contributed by atoms with Crippen molar-refractivity contribution in [3.63, 3.8) is 0 Å². The largest absolute Gasteiger partial charge is 0.461 e. The van der Waals surface area contributed by atoms with Crippen LogP contribution in [-0.2, 0) is 0 Å². The van der Waals surface area contributed by atoms with E-state index in [0.717, 1.165) is 17.9 Å². The third-order valence-corrected chi connectivity index (χ3v) is 2.32. The van der Waals surface area contributed by atoms with Gasteiger partial charge in [0.15, 0.2) is 11.6 Å². The summed E-state index contributed by atoms with van der Waals surface area (Å²) in [6.45, 7) is 2.67. The molecule has 0 fully saturated rings. The number of hydroxylamine groups is 2. The second kappa shape index (κ2) is 5.45. The van der Waals surface area contributed by atoms with Gasteiger partial charge >= 0.3 is 0 Å². The van der Waals surface area contributed by atoms with Gasteiger partial charge in [-0.25, -0.2) is 9.98 Å². The van der Waals surface area contributed by atoms with Crippen LogP contribution in [0.4, 0.5) is 0 Å². The standard InChI is InChI=1S/C12H15N3O2/c1-2-3-6-15(16)9-10-8-13-12(14-10)11-5-4-7-17-11/h4-5,7-9,16H,2-3,6H2,1H3/b10-9+. The zero-order valence-corrected chi connectivity index (χ0v) is 9.71. The van der Waals surface area contributed by atoms with Crippen LogP contribution < -0.4 is 0 Å². The van der Waals surface area contributed by atoms with Crippen molar-refractivity contribution in [3.05, 3.63) is 36.1 Å². The van der Waals surface area contributed by atoms with E-state index >= 15 is 0 Å². The molecule has 1 aliphatic rings. The SMILES string of the molecule is CCCCN(O)/C=C1\C=NC(c2ccco2)=N1. The Kier molecular flexibility index (Phi) is 3.72. The molecular weight excluding hydrogens is 218 g/mol. The first-order valence-corrected chi connectivity index (χ1v) is 5.63.